The Hall–Kier alpha value is -1.02. The Bertz CT molecular complexity index is 271. The van der Waals surface area contributed by atoms with Gasteiger partial charge >= 0.3 is 5.97 Å². The second-order valence-corrected chi connectivity index (χ2v) is 5.78. The normalized spacial score (nSPS) is 9.35. The number of aldehydes is 1. The minimum absolute atomic E-state index is 0.139. The van der Waals surface area contributed by atoms with Gasteiger partial charge in [0.15, 0.2) is 0 Å². The van der Waals surface area contributed by atoms with Crippen molar-refractivity contribution in [2.75, 3.05) is 47.7 Å². The van der Waals surface area contributed by atoms with Gasteiger partial charge in [0, 0.05) is 40.3 Å². The van der Waals surface area contributed by atoms with E-state index in [1.165, 1.54) is 7.05 Å². The highest BCUT2D eigenvalue weighted by molar-refractivity contribution is 5.69. The number of nitrogens with two attached hydrogens (primary N) is 1. The summed E-state index contributed by atoms with van der Waals surface area (Å²) in [4.78, 5) is 21.3. The number of ether oxygens (including phenoxy) is 4. The Kier molecular flexibility index (Phi) is 72.8. The lowest BCUT2D eigenvalue weighted by molar-refractivity contribution is -0.149. The largest absolute Gasteiger partial charge is 0.463 e. The van der Waals surface area contributed by atoms with Crippen molar-refractivity contribution in [3.8, 4) is 0 Å². The van der Waals surface area contributed by atoms with Crippen molar-refractivity contribution < 1.29 is 28.5 Å². The van der Waals surface area contributed by atoms with Gasteiger partial charge in [-0.2, -0.15) is 0 Å². The average molecular weight is 456 g/mol. The van der Waals surface area contributed by atoms with Gasteiger partial charge in [0.2, 0.25) is 0 Å². The zero-order valence-electron chi connectivity index (χ0n) is 22.9. The van der Waals surface area contributed by atoms with Gasteiger partial charge in [-0.1, -0.05) is 41.5 Å². The lowest BCUT2D eigenvalue weighted by Gasteiger charge is -2.12. The van der Waals surface area contributed by atoms with Gasteiger partial charge in [0.1, 0.15) is 6.29 Å². The van der Waals surface area contributed by atoms with E-state index in [1.54, 1.807) is 14.2 Å². The highest BCUT2D eigenvalue weighted by Crippen LogP contribution is 2.07. The molecule has 0 heterocycles. The van der Waals surface area contributed by atoms with Crippen LogP contribution in [0.25, 0.3) is 0 Å². The van der Waals surface area contributed by atoms with E-state index in [4.69, 9.17) is 14.2 Å². The fourth-order valence-electron chi connectivity index (χ4n) is 1.46. The molecule has 194 valence electrons. The third-order valence-corrected chi connectivity index (χ3v) is 2.73. The molecule has 0 unspecified atom stereocenters. The summed E-state index contributed by atoms with van der Waals surface area (Å²) in [5.74, 6) is 0.366. The van der Waals surface area contributed by atoms with Crippen LogP contribution in [0.15, 0.2) is 0 Å². The number of carbonyl (C=O) groups excluding carboxylic acids is 2. The van der Waals surface area contributed by atoms with Gasteiger partial charge in [-0.25, -0.2) is 0 Å². The molecule has 0 aromatic carbocycles. The molecule has 31 heavy (non-hydrogen) atoms. The standard InChI is InChI=1S/C11H20O3.C6H14O2.C2H6O.2C2H6.CH5N/c1-9(2)6-7-11(13)14-10(3)5-4-8-12;1-3-7-5-6-8-4-2;1-3-2;3*1-2/h8-10H,4-7H2,1-3H3;3-6H2,1-2H3;1-2H3;2*1-2H3;2H2,1H3/t10-;;;;;/m1...../s1. The Morgan fingerprint density at radius 3 is 1.55 bits per heavy atom. The van der Waals surface area contributed by atoms with E-state index in [0.29, 0.717) is 25.2 Å². The van der Waals surface area contributed by atoms with Crippen LogP contribution in [-0.2, 0) is 28.5 Å². The topological polar surface area (TPSA) is 97.1 Å². The maximum absolute atomic E-state index is 11.2. The van der Waals surface area contributed by atoms with Gasteiger partial charge in [-0.15, -0.1) is 0 Å². The van der Waals surface area contributed by atoms with E-state index in [1.807, 2.05) is 48.5 Å². The Labute approximate surface area is 194 Å². The Balaban J connectivity index is -0.0000000777. The molecule has 7 nitrogen and oxygen atoms in total. The van der Waals surface area contributed by atoms with Crippen molar-refractivity contribution in [2.24, 2.45) is 11.7 Å². The zero-order valence-corrected chi connectivity index (χ0v) is 22.9. The number of rotatable bonds is 12. The van der Waals surface area contributed by atoms with Crippen LogP contribution in [0.2, 0.25) is 0 Å². The SMILES string of the molecule is CC.CC.CC(C)CCC(=O)O[C@H](C)CCC=O.CCOCCOCC.CN.COC. The molecular weight excluding hydrogens is 398 g/mol. The summed E-state index contributed by atoms with van der Waals surface area (Å²) in [7, 11) is 4.75. The molecule has 0 rings (SSSR count). The molecule has 0 radical (unpaired) electrons. The van der Waals surface area contributed by atoms with Gasteiger partial charge in [-0.3, -0.25) is 4.79 Å². The van der Waals surface area contributed by atoms with Crippen LogP contribution >= 0.6 is 0 Å². The molecule has 0 amide bonds. The Morgan fingerprint density at radius 2 is 1.26 bits per heavy atom. The lowest BCUT2D eigenvalue weighted by Crippen LogP contribution is -2.15. The summed E-state index contributed by atoms with van der Waals surface area (Å²) in [6.07, 6.45) is 3.12. The summed E-state index contributed by atoms with van der Waals surface area (Å²) >= 11 is 0. The molecule has 0 spiro atoms. The molecular formula is C24H57NO6. The van der Waals surface area contributed by atoms with Crippen LogP contribution in [0.5, 0.6) is 0 Å². The molecule has 0 aliphatic rings. The second kappa shape index (κ2) is 51.5. The van der Waals surface area contributed by atoms with E-state index in [9.17, 15) is 9.59 Å². The van der Waals surface area contributed by atoms with Crippen LogP contribution in [0.1, 0.15) is 88.0 Å². The van der Waals surface area contributed by atoms with Crippen molar-refractivity contribution in [3.63, 3.8) is 0 Å². The molecule has 1 atom stereocenters. The van der Waals surface area contributed by atoms with Crippen LogP contribution in [0, 0.1) is 5.92 Å². The van der Waals surface area contributed by atoms with Crippen molar-refractivity contribution in [1.82, 2.24) is 0 Å². The van der Waals surface area contributed by atoms with Crippen LogP contribution in [0.4, 0.5) is 0 Å². The van der Waals surface area contributed by atoms with Crippen LogP contribution < -0.4 is 5.73 Å². The molecule has 0 fully saturated rings. The number of esters is 1. The maximum Gasteiger partial charge on any atom is 0.306 e. The highest BCUT2D eigenvalue weighted by atomic mass is 16.5. The molecule has 7 heteroatoms. The molecule has 0 aliphatic heterocycles. The first-order valence-corrected chi connectivity index (χ1v) is 11.7. The molecule has 2 N–H and O–H groups in total. The fraction of sp³-hybridized carbons (Fsp3) is 0.917. The predicted octanol–water partition coefficient (Wildman–Crippen LogP) is 5.28. The molecule has 0 aliphatic carbocycles. The monoisotopic (exact) mass is 455 g/mol. The minimum Gasteiger partial charge on any atom is -0.463 e. The van der Waals surface area contributed by atoms with E-state index in [2.05, 4.69) is 24.3 Å². The van der Waals surface area contributed by atoms with E-state index in [-0.39, 0.29) is 12.1 Å². The zero-order chi connectivity index (χ0) is 25.9. The fourth-order valence-corrected chi connectivity index (χ4v) is 1.46. The maximum atomic E-state index is 11.2. The van der Waals surface area contributed by atoms with Crippen molar-refractivity contribution in [1.29, 1.82) is 0 Å². The summed E-state index contributed by atoms with van der Waals surface area (Å²) < 4.78 is 19.4. The quantitative estimate of drug-likeness (QED) is 0.243. The second-order valence-electron chi connectivity index (χ2n) is 5.78. The van der Waals surface area contributed by atoms with E-state index < -0.39 is 0 Å². The summed E-state index contributed by atoms with van der Waals surface area (Å²) in [6, 6.07) is 0. The van der Waals surface area contributed by atoms with Crippen LogP contribution in [0.3, 0.4) is 0 Å². The third-order valence-electron chi connectivity index (χ3n) is 2.73. The molecule has 0 aromatic rings. The summed E-state index contributed by atoms with van der Waals surface area (Å²) in [5.41, 5.74) is 4.50. The first-order valence-electron chi connectivity index (χ1n) is 11.7. The van der Waals surface area contributed by atoms with E-state index >= 15 is 0 Å². The Morgan fingerprint density at radius 1 is 0.871 bits per heavy atom. The third kappa shape index (κ3) is 73.2. The number of hydrogen-bond acceptors (Lipinski definition) is 7. The van der Waals surface area contributed by atoms with Gasteiger partial charge in [0.05, 0.1) is 19.3 Å². The van der Waals surface area contributed by atoms with Crippen molar-refractivity contribution in [3.05, 3.63) is 0 Å². The highest BCUT2D eigenvalue weighted by Gasteiger charge is 2.09. The molecule has 0 aromatic heterocycles. The number of methoxy groups -OCH3 is 1. The lowest BCUT2D eigenvalue weighted by atomic mass is 10.1. The summed E-state index contributed by atoms with van der Waals surface area (Å²) in [5, 5.41) is 0. The number of carbonyl (C=O) groups is 2. The smallest absolute Gasteiger partial charge is 0.306 e. The average Bonchev–Trinajstić information content (AvgIpc) is 2.79. The van der Waals surface area contributed by atoms with E-state index in [0.717, 1.165) is 39.1 Å². The predicted molar refractivity (Wildman–Crippen MR) is 134 cm³/mol. The molecule has 0 saturated carbocycles. The number of hydrogen-bond donors (Lipinski definition) is 1. The van der Waals surface area contributed by atoms with Crippen molar-refractivity contribution in [2.45, 2.75) is 94.1 Å². The first kappa shape index (κ1) is 43.8. The minimum atomic E-state index is -0.155. The molecule has 0 bridgehead atoms. The van der Waals surface area contributed by atoms with Gasteiger partial charge in [0.25, 0.3) is 0 Å². The summed E-state index contributed by atoms with van der Waals surface area (Å²) in [6.45, 7) is 20.9. The van der Waals surface area contributed by atoms with Crippen molar-refractivity contribution >= 4 is 12.3 Å². The first-order chi connectivity index (χ1) is 14.9. The molecule has 0 saturated heterocycles. The van der Waals surface area contributed by atoms with Gasteiger partial charge < -0.3 is 29.5 Å². The van der Waals surface area contributed by atoms with Crippen LogP contribution in [-0.4, -0.2) is 66.1 Å². The van der Waals surface area contributed by atoms with Gasteiger partial charge in [-0.05, 0) is 46.6 Å².